The molecule has 148 valence electrons. The molecule has 1 saturated carbocycles. The molecule has 0 amide bonds. The van der Waals surface area contributed by atoms with E-state index in [-0.39, 0.29) is 9.93 Å². The maximum absolute atomic E-state index is 11.4. The predicted molar refractivity (Wildman–Crippen MR) is 109 cm³/mol. The maximum atomic E-state index is 11.4. The summed E-state index contributed by atoms with van der Waals surface area (Å²) in [5.74, 6) is 0.546. The molecule has 0 unspecified atom stereocenters. The molecule has 0 radical (unpaired) electrons. The van der Waals surface area contributed by atoms with Gasteiger partial charge in [-0.2, -0.15) is 8.42 Å². The molecular formula is C20H34O4SSi. The fourth-order valence-electron chi connectivity index (χ4n) is 3.39. The molecule has 1 N–H and O–H groups in total. The highest BCUT2D eigenvalue weighted by atomic mass is 32.2. The predicted octanol–water partition coefficient (Wildman–Crippen LogP) is 5.36. The summed E-state index contributed by atoms with van der Waals surface area (Å²) in [6, 6.07) is 4.88. The third-order valence-corrected chi connectivity index (χ3v) is 11.6. The fourth-order valence-corrected chi connectivity index (χ4v) is 5.34. The quantitative estimate of drug-likeness (QED) is 0.535. The highest BCUT2D eigenvalue weighted by Crippen LogP contribution is 2.40. The molecule has 1 aromatic carbocycles. The van der Waals surface area contributed by atoms with E-state index in [1.165, 1.54) is 6.07 Å². The van der Waals surface area contributed by atoms with Crippen LogP contribution in [0.1, 0.15) is 57.6 Å². The van der Waals surface area contributed by atoms with E-state index in [4.69, 9.17) is 4.43 Å². The first kappa shape index (κ1) is 21.6. The van der Waals surface area contributed by atoms with E-state index in [1.54, 1.807) is 12.1 Å². The van der Waals surface area contributed by atoms with Gasteiger partial charge in [0, 0.05) is 6.10 Å². The summed E-state index contributed by atoms with van der Waals surface area (Å²) in [6.45, 7) is 13.4. The van der Waals surface area contributed by atoms with Gasteiger partial charge in [-0.25, -0.2) is 0 Å². The Hall–Kier alpha value is -0.693. The first-order valence-electron chi connectivity index (χ1n) is 9.54. The van der Waals surface area contributed by atoms with Gasteiger partial charge < -0.3 is 4.43 Å². The van der Waals surface area contributed by atoms with Crippen molar-refractivity contribution in [2.75, 3.05) is 0 Å². The van der Waals surface area contributed by atoms with Crippen molar-refractivity contribution in [1.29, 1.82) is 0 Å². The maximum Gasteiger partial charge on any atom is 0.294 e. The van der Waals surface area contributed by atoms with E-state index in [2.05, 4.69) is 33.9 Å². The Kier molecular flexibility index (Phi) is 6.43. The average Bonchev–Trinajstić information content (AvgIpc) is 2.49. The lowest BCUT2D eigenvalue weighted by Gasteiger charge is -2.41. The molecular weight excluding hydrogens is 364 g/mol. The van der Waals surface area contributed by atoms with E-state index < -0.39 is 18.4 Å². The van der Waals surface area contributed by atoms with E-state index in [0.717, 1.165) is 43.2 Å². The van der Waals surface area contributed by atoms with Crippen LogP contribution in [0.25, 0.3) is 0 Å². The van der Waals surface area contributed by atoms with Crippen molar-refractivity contribution in [3.8, 4) is 0 Å². The van der Waals surface area contributed by atoms with Crippen LogP contribution in [-0.2, 0) is 21.0 Å². The normalized spacial score (nSPS) is 22.4. The second kappa shape index (κ2) is 7.74. The Bertz CT molecular complexity index is 727. The third-order valence-electron chi connectivity index (χ3n) is 6.19. The van der Waals surface area contributed by atoms with Crippen molar-refractivity contribution in [3.63, 3.8) is 0 Å². The Balaban J connectivity index is 1.97. The molecule has 1 aromatic rings. The summed E-state index contributed by atoms with van der Waals surface area (Å²) < 4.78 is 38.6. The highest BCUT2D eigenvalue weighted by Gasteiger charge is 2.39. The van der Waals surface area contributed by atoms with Gasteiger partial charge >= 0.3 is 0 Å². The lowest BCUT2D eigenvalue weighted by molar-refractivity contribution is 0.116. The zero-order valence-corrected chi connectivity index (χ0v) is 18.8. The molecule has 6 heteroatoms. The van der Waals surface area contributed by atoms with Crippen LogP contribution >= 0.6 is 0 Å². The number of rotatable bonds is 5. The fraction of sp³-hybridized carbons (Fsp3) is 0.700. The van der Waals surface area contributed by atoms with Crippen molar-refractivity contribution < 1.29 is 17.4 Å². The molecule has 0 saturated heterocycles. The Morgan fingerprint density at radius 1 is 1.15 bits per heavy atom. The van der Waals surface area contributed by atoms with E-state index >= 15 is 0 Å². The first-order chi connectivity index (χ1) is 11.8. The minimum absolute atomic E-state index is 0.00644. The number of benzene rings is 1. The van der Waals surface area contributed by atoms with Crippen LogP contribution in [-0.4, -0.2) is 27.4 Å². The minimum atomic E-state index is -4.14. The smallest absolute Gasteiger partial charge is 0.294 e. The van der Waals surface area contributed by atoms with Gasteiger partial charge in [0.25, 0.3) is 10.1 Å². The van der Waals surface area contributed by atoms with Crippen LogP contribution in [0.2, 0.25) is 18.1 Å². The van der Waals surface area contributed by atoms with Gasteiger partial charge in [0.1, 0.15) is 0 Å². The molecule has 1 aliphatic rings. The summed E-state index contributed by atoms with van der Waals surface area (Å²) in [6.07, 6.45) is 5.59. The zero-order chi connectivity index (χ0) is 19.8. The highest BCUT2D eigenvalue weighted by molar-refractivity contribution is 7.85. The minimum Gasteiger partial charge on any atom is -0.414 e. The van der Waals surface area contributed by atoms with Crippen molar-refractivity contribution in [3.05, 3.63) is 29.3 Å². The molecule has 1 aliphatic carbocycles. The molecule has 0 bridgehead atoms. The van der Waals surface area contributed by atoms with E-state index in [1.807, 2.05) is 6.92 Å². The van der Waals surface area contributed by atoms with Crippen molar-refractivity contribution >= 4 is 18.4 Å². The van der Waals surface area contributed by atoms with Crippen LogP contribution in [0.15, 0.2) is 23.1 Å². The molecule has 0 spiro atoms. The van der Waals surface area contributed by atoms with Gasteiger partial charge in [-0.3, -0.25) is 4.55 Å². The SMILES string of the molecule is Cc1ccc(S(=O)(=O)O)cc1CC1CCC(O[Si](C)(C)C(C)(C)C)CC1. The van der Waals surface area contributed by atoms with E-state index in [0.29, 0.717) is 12.0 Å². The van der Waals surface area contributed by atoms with Gasteiger partial charge in [-0.1, -0.05) is 26.8 Å². The standard InChI is InChI=1S/C20H34O4SSi/c1-15-7-12-19(25(21,22)23)14-17(15)13-16-8-10-18(11-9-16)24-26(5,6)20(2,3)4/h7,12,14,16,18H,8-11,13H2,1-6H3,(H,21,22,23). The lowest BCUT2D eigenvalue weighted by Crippen LogP contribution is -2.44. The summed E-state index contributed by atoms with van der Waals surface area (Å²) in [5.41, 5.74) is 2.10. The van der Waals surface area contributed by atoms with Gasteiger partial charge in [-0.05, 0) is 86.3 Å². The van der Waals surface area contributed by atoms with Crippen molar-refractivity contribution in [2.24, 2.45) is 5.92 Å². The third kappa shape index (κ3) is 5.41. The number of hydrogen-bond acceptors (Lipinski definition) is 3. The van der Waals surface area contributed by atoms with Crippen molar-refractivity contribution in [1.82, 2.24) is 0 Å². The van der Waals surface area contributed by atoms with Crippen LogP contribution in [0.4, 0.5) is 0 Å². The summed E-state index contributed by atoms with van der Waals surface area (Å²) in [4.78, 5) is -0.00644. The van der Waals surface area contributed by atoms with E-state index in [9.17, 15) is 13.0 Å². The molecule has 0 aliphatic heterocycles. The number of aryl methyl sites for hydroxylation is 1. The Morgan fingerprint density at radius 3 is 2.23 bits per heavy atom. The molecule has 1 fully saturated rings. The second-order valence-corrected chi connectivity index (χ2v) is 15.5. The van der Waals surface area contributed by atoms with Crippen LogP contribution in [0, 0.1) is 12.8 Å². The van der Waals surface area contributed by atoms with Crippen molar-refractivity contribution in [2.45, 2.75) is 88.9 Å². The van der Waals surface area contributed by atoms with Crippen LogP contribution in [0.3, 0.4) is 0 Å². The Morgan fingerprint density at radius 2 is 1.73 bits per heavy atom. The molecule has 26 heavy (non-hydrogen) atoms. The monoisotopic (exact) mass is 398 g/mol. The lowest BCUT2D eigenvalue weighted by atomic mass is 9.83. The largest absolute Gasteiger partial charge is 0.414 e. The summed E-state index contributed by atoms with van der Waals surface area (Å²) >= 11 is 0. The molecule has 0 aromatic heterocycles. The molecule has 0 atom stereocenters. The zero-order valence-electron chi connectivity index (χ0n) is 17.0. The number of hydrogen-bond donors (Lipinski definition) is 1. The van der Waals surface area contributed by atoms with Gasteiger partial charge in [0.05, 0.1) is 4.90 Å². The second-order valence-electron chi connectivity index (χ2n) is 9.29. The van der Waals surface area contributed by atoms with Gasteiger partial charge in [0.15, 0.2) is 8.32 Å². The molecule has 2 rings (SSSR count). The molecule has 4 nitrogen and oxygen atoms in total. The Labute approximate surface area is 160 Å². The first-order valence-corrected chi connectivity index (χ1v) is 13.9. The van der Waals surface area contributed by atoms with Crippen LogP contribution < -0.4 is 0 Å². The average molecular weight is 399 g/mol. The van der Waals surface area contributed by atoms with Crippen LogP contribution in [0.5, 0.6) is 0 Å². The topological polar surface area (TPSA) is 63.6 Å². The van der Waals surface area contributed by atoms with Gasteiger partial charge in [-0.15, -0.1) is 0 Å². The molecule has 0 heterocycles. The summed E-state index contributed by atoms with van der Waals surface area (Å²) in [5, 5.41) is 0.233. The van der Waals surface area contributed by atoms with Gasteiger partial charge in [0.2, 0.25) is 0 Å². The summed E-state index contributed by atoms with van der Waals surface area (Å²) in [7, 11) is -5.86.